The Balaban J connectivity index is 0.000000861. The van der Waals surface area contributed by atoms with Gasteiger partial charge in [0.05, 0.1) is 0 Å². The van der Waals surface area contributed by atoms with Crippen LogP contribution in [-0.4, -0.2) is 10.2 Å². The zero-order valence-electron chi connectivity index (χ0n) is 11.4. The number of halogens is 1. The second kappa shape index (κ2) is 6.78. The van der Waals surface area contributed by atoms with Crippen molar-refractivity contribution in [3.63, 3.8) is 0 Å². The SMILES string of the molecule is CC.CCc1ccc(F)cc1-c1ccc(O)c(O)c1. The molecule has 0 bridgehead atoms. The molecular formula is C16H19FO2. The maximum atomic E-state index is 13.2. The summed E-state index contributed by atoms with van der Waals surface area (Å²) in [5, 5.41) is 18.7. The lowest BCUT2D eigenvalue weighted by molar-refractivity contribution is 0.404. The first-order chi connectivity index (χ1) is 9.11. The fourth-order valence-electron chi connectivity index (χ4n) is 1.82. The van der Waals surface area contributed by atoms with E-state index in [1.54, 1.807) is 12.1 Å². The zero-order chi connectivity index (χ0) is 14.4. The van der Waals surface area contributed by atoms with Gasteiger partial charge in [0.25, 0.3) is 0 Å². The van der Waals surface area contributed by atoms with Gasteiger partial charge in [-0.15, -0.1) is 0 Å². The van der Waals surface area contributed by atoms with Crippen LogP contribution in [0.2, 0.25) is 0 Å². The summed E-state index contributed by atoms with van der Waals surface area (Å²) in [6.07, 6.45) is 0.775. The highest BCUT2D eigenvalue weighted by Gasteiger charge is 2.08. The molecule has 0 radical (unpaired) electrons. The molecule has 0 spiro atoms. The van der Waals surface area contributed by atoms with Crippen LogP contribution in [-0.2, 0) is 6.42 Å². The second-order valence-electron chi connectivity index (χ2n) is 3.86. The fraction of sp³-hybridized carbons (Fsp3) is 0.250. The first-order valence-electron chi connectivity index (χ1n) is 6.42. The van der Waals surface area contributed by atoms with Crippen LogP contribution in [0, 0.1) is 5.82 Å². The molecule has 2 aromatic rings. The molecule has 0 aliphatic heterocycles. The van der Waals surface area contributed by atoms with Gasteiger partial charge in [0.1, 0.15) is 5.82 Å². The molecule has 102 valence electrons. The minimum Gasteiger partial charge on any atom is -0.504 e. The van der Waals surface area contributed by atoms with Gasteiger partial charge in [-0.25, -0.2) is 4.39 Å². The lowest BCUT2D eigenvalue weighted by atomic mass is 9.97. The number of phenols is 2. The summed E-state index contributed by atoms with van der Waals surface area (Å²) in [4.78, 5) is 0. The predicted molar refractivity (Wildman–Crippen MR) is 75.9 cm³/mol. The molecule has 19 heavy (non-hydrogen) atoms. The van der Waals surface area contributed by atoms with Crippen molar-refractivity contribution in [1.29, 1.82) is 0 Å². The van der Waals surface area contributed by atoms with Crippen LogP contribution in [0.1, 0.15) is 26.3 Å². The Morgan fingerprint density at radius 2 is 1.63 bits per heavy atom. The normalized spacial score (nSPS) is 9.68. The standard InChI is InChI=1S/C14H13FO2.C2H6/c1-2-9-3-5-11(15)8-12(9)10-4-6-13(16)14(17)7-10;1-2/h3-8,16-17H,2H2,1H3;1-2H3. The summed E-state index contributed by atoms with van der Waals surface area (Å²) in [6.45, 7) is 5.98. The van der Waals surface area contributed by atoms with Gasteiger partial charge >= 0.3 is 0 Å². The lowest BCUT2D eigenvalue weighted by Crippen LogP contribution is -1.89. The largest absolute Gasteiger partial charge is 0.504 e. The molecule has 0 aromatic heterocycles. The van der Waals surface area contributed by atoms with Gasteiger partial charge in [-0.3, -0.25) is 0 Å². The van der Waals surface area contributed by atoms with E-state index in [1.165, 1.54) is 24.3 Å². The smallest absolute Gasteiger partial charge is 0.158 e. The Labute approximate surface area is 113 Å². The van der Waals surface area contributed by atoms with Crippen LogP contribution in [0.3, 0.4) is 0 Å². The van der Waals surface area contributed by atoms with E-state index >= 15 is 0 Å². The van der Waals surface area contributed by atoms with Crippen LogP contribution >= 0.6 is 0 Å². The second-order valence-corrected chi connectivity index (χ2v) is 3.86. The van der Waals surface area contributed by atoms with Gasteiger partial charge in [-0.1, -0.05) is 32.9 Å². The molecule has 2 rings (SSSR count). The Kier molecular flexibility index (Phi) is 5.37. The maximum absolute atomic E-state index is 13.2. The highest BCUT2D eigenvalue weighted by atomic mass is 19.1. The van der Waals surface area contributed by atoms with Crippen LogP contribution in [0.5, 0.6) is 11.5 Å². The summed E-state index contributed by atoms with van der Waals surface area (Å²) >= 11 is 0. The van der Waals surface area contributed by atoms with E-state index in [2.05, 4.69) is 0 Å². The molecule has 2 nitrogen and oxygen atoms in total. The minimum absolute atomic E-state index is 0.178. The molecular weight excluding hydrogens is 243 g/mol. The minimum atomic E-state index is -0.315. The summed E-state index contributed by atoms with van der Waals surface area (Å²) in [7, 11) is 0. The van der Waals surface area contributed by atoms with Gasteiger partial charge in [0.15, 0.2) is 11.5 Å². The number of hydrogen-bond donors (Lipinski definition) is 2. The van der Waals surface area contributed by atoms with Crippen molar-refractivity contribution in [1.82, 2.24) is 0 Å². The predicted octanol–water partition coefficient (Wildman–Crippen LogP) is 4.49. The molecule has 0 fully saturated rings. The van der Waals surface area contributed by atoms with Gasteiger partial charge in [-0.05, 0) is 47.4 Å². The number of hydrogen-bond acceptors (Lipinski definition) is 2. The third-order valence-electron chi connectivity index (χ3n) is 2.74. The molecule has 0 aliphatic rings. The third kappa shape index (κ3) is 3.47. The molecule has 3 heteroatoms. The molecule has 0 unspecified atom stereocenters. The van der Waals surface area contributed by atoms with E-state index in [-0.39, 0.29) is 17.3 Å². The van der Waals surface area contributed by atoms with E-state index in [4.69, 9.17) is 0 Å². The first-order valence-corrected chi connectivity index (χ1v) is 6.42. The average molecular weight is 262 g/mol. The molecule has 0 aliphatic carbocycles. The number of rotatable bonds is 2. The summed E-state index contributed by atoms with van der Waals surface area (Å²) in [5.41, 5.74) is 2.43. The monoisotopic (exact) mass is 262 g/mol. The quantitative estimate of drug-likeness (QED) is 0.783. The maximum Gasteiger partial charge on any atom is 0.158 e. The van der Waals surface area contributed by atoms with Gasteiger partial charge in [0.2, 0.25) is 0 Å². The molecule has 0 saturated carbocycles. The van der Waals surface area contributed by atoms with Crippen LogP contribution in [0.4, 0.5) is 4.39 Å². The number of phenolic OH excluding ortho intramolecular Hbond substituents is 2. The zero-order valence-corrected chi connectivity index (χ0v) is 11.4. The molecule has 2 N–H and O–H groups in total. The van der Waals surface area contributed by atoms with E-state index in [0.717, 1.165) is 17.5 Å². The van der Waals surface area contributed by atoms with Gasteiger partial charge in [0, 0.05) is 0 Å². The highest BCUT2D eigenvalue weighted by molar-refractivity contribution is 5.70. The summed E-state index contributed by atoms with van der Waals surface area (Å²) in [6, 6.07) is 9.07. The lowest BCUT2D eigenvalue weighted by Gasteiger charge is -2.09. The van der Waals surface area contributed by atoms with Crippen LogP contribution in [0.25, 0.3) is 11.1 Å². The van der Waals surface area contributed by atoms with Crippen LogP contribution < -0.4 is 0 Å². The molecule has 0 heterocycles. The van der Waals surface area contributed by atoms with E-state index in [0.29, 0.717) is 5.56 Å². The van der Waals surface area contributed by atoms with Crippen molar-refractivity contribution in [2.45, 2.75) is 27.2 Å². The fourth-order valence-corrected chi connectivity index (χ4v) is 1.82. The summed E-state index contributed by atoms with van der Waals surface area (Å²) < 4.78 is 13.2. The van der Waals surface area contributed by atoms with E-state index < -0.39 is 0 Å². The highest BCUT2D eigenvalue weighted by Crippen LogP contribution is 2.32. The number of aromatic hydroxyl groups is 2. The van der Waals surface area contributed by atoms with Crippen molar-refractivity contribution in [3.05, 3.63) is 47.8 Å². The number of aryl methyl sites for hydroxylation is 1. The molecule has 0 amide bonds. The Hall–Kier alpha value is -2.03. The van der Waals surface area contributed by atoms with Crippen molar-refractivity contribution in [3.8, 4) is 22.6 Å². The van der Waals surface area contributed by atoms with Crippen molar-refractivity contribution < 1.29 is 14.6 Å². The van der Waals surface area contributed by atoms with E-state index in [9.17, 15) is 14.6 Å². The molecule has 2 aromatic carbocycles. The molecule has 0 atom stereocenters. The topological polar surface area (TPSA) is 40.5 Å². The average Bonchev–Trinajstić information content (AvgIpc) is 2.44. The summed E-state index contributed by atoms with van der Waals surface area (Å²) in [5.74, 6) is -0.693. The number of benzene rings is 2. The van der Waals surface area contributed by atoms with Gasteiger partial charge < -0.3 is 10.2 Å². The Bertz CT molecular complexity index is 550. The molecule has 0 saturated heterocycles. The Morgan fingerprint density at radius 3 is 2.21 bits per heavy atom. The third-order valence-corrected chi connectivity index (χ3v) is 2.74. The van der Waals surface area contributed by atoms with Crippen molar-refractivity contribution >= 4 is 0 Å². The van der Waals surface area contributed by atoms with Crippen LogP contribution in [0.15, 0.2) is 36.4 Å². The Morgan fingerprint density at radius 1 is 0.947 bits per heavy atom. The van der Waals surface area contributed by atoms with Gasteiger partial charge in [-0.2, -0.15) is 0 Å². The van der Waals surface area contributed by atoms with Crippen molar-refractivity contribution in [2.24, 2.45) is 0 Å². The first kappa shape index (κ1) is 15.0. The van der Waals surface area contributed by atoms with E-state index in [1.807, 2.05) is 20.8 Å². The van der Waals surface area contributed by atoms with Crippen molar-refractivity contribution in [2.75, 3.05) is 0 Å².